The van der Waals surface area contributed by atoms with Crippen LogP contribution in [0.25, 0.3) is 5.69 Å². The van der Waals surface area contributed by atoms with Crippen LogP contribution < -0.4 is 10.7 Å². The smallest absolute Gasteiger partial charge is 0.294 e. The van der Waals surface area contributed by atoms with Crippen molar-refractivity contribution in [3.63, 3.8) is 0 Å². The van der Waals surface area contributed by atoms with E-state index in [1.54, 1.807) is 13.0 Å². The number of rotatable bonds is 5. The van der Waals surface area contributed by atoms with Gasteiger partial charge in [0.15, 0.2) is 5.69 Å². The Bertz CT molecular complexity index is 1150. The number of nitrogens with zero attached hydrogens (tertiary/aromatic N) is 3. The monoisotopic (exact) mass is 392 g/mol. The lowest BCUT2D eigenvalue weighted by Gasteiger charge is -2.17. The number of benzene rings is 2. The summed E-state index contributed by atoms with van der Waals surface area (Å²) in [7, 11) is 0. The maximum absolute atomic E-state index is 12.8. The fourth-order valence-corrected chi connectivity index (χ4v) is 3.16. The van der Waals surface area contributed by atoms with Gasteiger partial charge in [-0.15, -0.1) is 0 Å². The lowest BCUT2D eigenvalue weighted by atomic mass is 10.0. The summed E-state index contributed by atoms with van der Waals surface area (Å²) in [6, 6.07) is 14.5. The molecule has 3 rings (SSSR count). The van der Waals surface area contributed by atoms with Crippen LogP contribution in [0.3, 0.4) is 0 Å². The molecule has 0 aliphatic carbocycles. The first-order valence-corrected chi connectivity index (χ1v) is 9.00. The molecular weight excluding hydrogens is 372 g/mol. The van der Waals surface area contributed by atoms with Gasteiger partial charge < -0.3 is 5.32 Å². The zero-order valence-electron chi connectivity index (χ0n) is 16.2. The van der Waals surface area contributed by atoms with Crippen LogP contribution in [0.4, 0.5) is 5.69 Å². The van der Waals surface area contributed by atoms with Crippen LogP contribution in [0.2, 0.25) is 0 Å². The van der Waals surface area contributed by atoms with E-state index in [-0.39, 0.29) is 23.1 Å². The highest BCUT2D eigenvalue weighted by molar-refractivity contribution is 5.92. The van der Waals surface area contributed by atoms with Gasteiger partial charge in [-0.3, -0.25) is 19.7 Å². The maximum atomic E-state index is 12.8. The number of amides is 1. The Morgan fingerprint density at radius 2 is 1.79 bits per heavy atom. The number of aryl methyl sites for hydroxylation is 2. The summed E-state index contributed by atoms with van der Waals surface area (Å²) in [6.07, 6.45) is 0. The van der Waals surface area contributed by atoms with Crippen molar-refractivity contribution in [2.45, 2.75) is 26.8 Å². The number of aromatic nitrogens is 2. The van der Waals surface area contributed by atoms with E-state index in [1.165, 1.54) is 28.9 Å². The van der Waals surface area contributed by atoms with Crippen LogP contribution in [0.5, 0.6) is 0 Å². The Labute approximate surface area is 167 Å². The zero-order valence-corrected chi connectivity index (χ0v) is 16.2. The molecule has 3 aromatic rings. The summed E-state index contributed by atoms with van der Waals surface area (Å²) >= 11 is 0. The van der Waals surface area contributed by atoms with Gasteiger partial charge in [-0.1, -0.05) is 36.4 Å². The van der Waals surface area contributed by atoms with Gasteiger partial charge in [0.05, 0.1) is 11.0 Å². The summed E-state index contributed by atoms with van der Waals surface area (Å²) in [5.74, 6) is -0.641. The van der Waals surface area contributed by atoms with Crippen molar-refractivity contribution >= 4 is 11.6 Å². The third-order valence-corrected chi connectivity index (χ3v) is 4.63. The molecule has 1 atom stereocenters. The van der Waals surface area contributed by atoms with E-state index in [4.69, 9.17) is 0 Å². The van der Waals surface area contributed by atoms with E-state index < -0.39 is 16.3 Å². The number of hydrogen-bond acceptors (Lipinski definition) is 5. The molecule has 1 amide bonds. The van der Waals surface area contributed by atoms with Crippen molar-refractivity contribution in [1.29, 1.82) is 0 Å². The molecule has 0 aliphatic heterocycles. The van der Waals surface area contributed by atoms with Gasteiger partial charge in [0, 0.05) is 17.8 Å². The normalized spacial score (nSPS) is 11.7. The average molecular weight is 392 g/mol. The highest BCUT2D eigenvalue weighted by Crippen LogP contribution is 2.22. The van der Waals surface area contributed by atoms with E-state index in [1.807, 2.05) is 38.1 Å². The Morgan fingerprint density at radius 1 is 1.14 bits per heavy atom. The lowest BCUT2D eigenvalue weighted by molar-refractivity contribution is -0.384. The number of nitrogens with one attached hydrogen (secondary N) is 1. The van der Waals surface area contributed by atoms with Gasteiger partial charge in [-0.2, -0.15) is 5.10 Å². The highest BCUT2D eigenvalue weighted by Gasteiger charge is 2.21. The molecule has 0 radical (unpaired) electrons. The number of hydrogen-bond donors (Lipinski definition) is 1. The van der Waals surface area contributed by atoms with Crippen LogP contribution in [-0.4, -0.2) is 20.6 Å². The molecule has 1 heterocycles. The first kappa shape index (κ1) is 19.9. The molecule has 1 unspecified atom stereocenters. The van der Waals surface area contributed by atoms with Crippen molar-refractivity contribution in [2.75, 3.05) is 0 Å². The second kappa shape index (κ2) is 8.05. The topological polar surface area (TPSA) is 107 Å². The molecule has 0 saturated carbocycles. The van der Waals surface area contributed by atoms with Crippen molar-refractivity contribution in [1.82, 2.24) is 15.1 Å². The molecule has 0 aliphatic rings. The quantitative estimate of drug-likeness (QED) is 0.530. The Kier molecular flexibility index (Phi) is 5.54. The molecule has 0 saturated heterocycles. The van der Waals surface area contributed by atoms with Crippen molar-refractivity contribution in [3.05, 3.63) is 97.4 Å². The van der Waals surface area contributed by atoms with E-state index in [0.717, 1.165) is 11.1 Å². The van der Waals surface area contributed by atoms with Gasteiger partial charge in [0.2, 0.25) is 5.43 Å². The largest absolute Gasteiger partial charge is 0.344 e. The minimum absolute atomic E-state index is 0.175. The van der Waals surface area contributed by atoms with Gasteiger partial charge in [-0.05, 0) is 38.0 Å². The van der Waals surface area contributed by atoms with Gasteiger partial charge in [-0.25, -0.2) is 4.68 Å². The van der Waals surface area contributed by atoms with Gasteiger partial charge in [0.1, 0.15) is 5.69 Å². The molecular formula is C21H20N4O4. The Morgan fingerprint density at radius 3 is 2.48 bits per heavy atom. The van der Waals surface area contributed by atoms with E-state index >= 15 is 0 Å². The molecule has 1 N–H and O–H groups in total. The van der Waals surface area contributed by atoms with Crippen molar-refractivity contribution in [3.8, 4) is 5.69 Å². The number of carbonyl (C=O) groups excluding carboxylic acids is 1. The third kappa shape index (κ3) is 4.06. The second-order valence-corrected chi connectivity index (χ2v) is 6.71. The third-order valence-electron chi connectivity index (χ3n) is 4.63. The summed E-state index contributed by atoms with van der Waals surface area (Å²) in [6.45, 7) is 5.35. The molecule has 2 aromatic carbocycles. The summed E-state index contributed by atoms with van der Waals surface area (Å²) in [5.41, 5.74) is 1.44. The standard InChI is InChI=1S/C21H20N4O4/c1-13-8-4-5-9-16(13)15(3)22-21(27)20-19(26)12-14(2)24(23-20)17-10-6-7-11-18(17)25(28)29/h4-12,15H,1-3H3,(H,22,27). The van der Waals surface area contributed by atoms with Crippen LogP contribution in [0.1, 0.15) is 40.3 Å². The fourth-order valence-electron chi connectivity index (χ4n) is 3.16. The molecule has 1 aromatic heterocycles. The summed E-state index contributed by atoms with van der Waals surface area (Å²) in [4.78, 5) is 36.0. The van der Waals surface area contributed by atoms with Gasteiger partial charge >= 0.3 is 0 Å². The van der Waals surface area contributed by atoms with E-state index in [2.05, 4.69) is 10.4 Å². The highest BCUT2D eigenvalue weighted by atomic mass is 16.6. The van der Waals surface area contributed by atoms with Crippen LogP contribution in [-0.2, 0) is 0 Å². The fraction of sp³-hybridized carbons (Fsp3) is 0.190. The second-order valence-electron chi connectivity index (χ2n) is 6.71. The average Bonchev–Trinajstić information content (AvgIpc) is 2.68. The van der Waals surface area contributed by atoms with Gasteiger partial charge in [0.25, 0.3) is 11.6 Å². The molecule has 0 fully saturated rings. The predicted molar refractivity (Wildman–Crippen MR) is 108 cm³/mol. The lowest BCUT2D eigenvalue weighted by Crippen LogP contribution is -2.33. The summed E-state index contributed by atoms with van der Waals surface area (Å²) in [5, 5.41) is 18.3. The number of para-hydroxylation sites is 2. The maximum Gasteiger partial charge on any atom is 0.294 e. The minimum Gasteiger partial charge on any atom is -0.344 e. The molecule has 148 valence electrons. The molecule has 8 heteroatoms. The number of carbonyl (C=O) groups is 1. The zero-order chi connectivity index (χ0) is 21.1. The van der Waals surface area contributed by atoms with Crippen molar-refractivity contribution in [2.24, 2.45) is 0 Å². The molecule has 0 bridgehead atoms. The predicted octanol–water partition coefficient (Wildman–Crippen LogP) is 3.25. The number of nitro benzene ring substituents is 1. The Balaban J connectivity index is 2.00. The number of nitro groups is 1. The van der Waals surface area contributed by atoms with E-state index in [9.17, 15) is 19.7 Å². The van der Waals surface area contributed by atoms with Crippen LogP contribution in [0.15, 0.2) is 59.4 Å². The van der Waals surface area contributed by atoms with Crippen LogP contribution in [0, 0.1) is 24.0 Å². The molecule has 0 spiro atoms. The molecule has 29 heavy (non-hydrogen) atoms. The minimum atomic E-state index is -0.641. The summed E-state index contributed by atoms with van der Waals surface area (Å²) < 4.78 is 1.24. The van der Waals surface area contributed by atoms with Crippen molar-refractivity contribution < 1.29 is 9.72 Å². The van der Waals surface area contributed by atoms with Crippen LogP contribution >= 0.6 is 0 Å². The van der Waals surface area contributed by atoms with E-state index in [0.29, 0.717) is 5.69 Å². The first-order valence-electron chi connectivity index (χ1n) is 9.00. The SMILES string of the molecule is Cc1ccccc1C(C)NC(=O)c1nn(-c2ccccc2[N+](=O)[O-])c(C)cc1=O. The molecule has 8 nitrogen and oxygen atoms in total. The first-order chi connectivity index (χ1) is 13.8. The Hall–Kier alpha value is -3.81.